The predicted octanol–water partition coefficient (Wildman–Crippen LogP) is 1.73. The molecule has 3 N–H and O–H groups in total. The van der Waals surface area contributed by atoms with Crippen LogP contribution in [-0.4, -0.2) is 40.0 Å². The number of rotatable bonds is 11. The van der Waals surface area contributed by atoms with Crippen LogP contribution in [0.25, 0.3) is 0 Å². The fourth-order valence-corrected chi connectivity index (χ4v) is 4.66. The summed E-state index contributed by atoms with van der Waals surface area (Å²) in [4.78, 5) is 12.5. The lowest BCUT2D eigenvalue weighted by Gasteiger charge is -2.12. The van der Waals surface area contributed by atoms with Gasteiger partial charge in [-0.3, -0.25) is 4.79 Å². The number of carbonyl (C=O) groups excluding carboxylic acids is 1. The average Bonchev–Trinajstić information content (AvgIpc) is 2.94. The molecule has 0 saturated heterocycles. The Bertz CT molecular complexity index is 612. The Kier molecular flexibility index (Phi) is 8.90. The summed E-state index contributed by atoms with van der Waals surface area (Å²) in [7, 11) is -3.47. The zero-order chi connectivity index (χ0) is 18.2. The first-order valence-corrected chi connectivity index (χ1v) is 10.6. The zero-order valence-corrected chi connectivity index (χ0v) is 16.5. The summed E-state index contributed by atoms with van der Waals surface area (Å²) in [6.07, 6.45) is 1.15. The predicted molar refractivity (Wildman–Crippen MR) is 98.8 cm³/mol. The highest BCUT2D eigenvalue weighted by Gasteiger charge is 2.17. The van der Waals surface area contributed by atoms with Crippen LogP contribution in [0.15, 0.2) is 16.3 Å². The first-order chi connectivity index (χ1) is 11.2. The lowest BCUT2D eigenvalue weighted by molar-refractivity contribution is -0.121. The molecule has 138 valence electrons. The first kappa shape index (κ1) is 21.1. The van der Waals surface area contributed by atoms with Crippen molar-refractivity contribution in [2.75, 3.05) is 19.6 Å². The molecule has 0 aromatic carbocycles. The van der Waals surface area contributed by atoms with Gasteiger partial charge < -0.3 is 10.6 Å². The van der Waals surface area contributed by atoms with Crippen LogP contribution < -0.4 is 15.4 Å². The number of nitrogens with one attached hydrogen (secondary N) is 3. The second kappa shape index (κ2) is 10.1. The number of sulfonamides is 1. The highest BCUT2D eigenvalue weighted by Crippen LogP contribution is 2.21. The van der Waals surface area contributed by atoms with Crippen molar-refractivity contribution >= 4 is 27.3 Å². The highest BCUT2D eigenvalue weighted by molar-refractivity contribution is 7.91. The van der Waals surface area contributed by atoms with Crippen LogP contribution >= 0.6 is 11.3 Å². The standard InChI is InChI=1S/C16H29N3O3S2/c1-5-17-13(4)11-19-24(21,22)16-7-6-14(23-16)8-9-18-15(20)10-12(2)3/h6-7,12-13,17,19H,5,8-11H2,1-4H3,(H,18,20)/t13-/m1/s1. The van der Waals surface area contributed by atoms with Crippen molar-refractivity contribution in [2.24, 2.45) is 5.92 Å². The van der Waals surface area contributed by atoms with Crippen LogP contribution in [-0.2, 0) is 21.2 Å². The van der Waals surface area contributed by atoms with Crippen molar-refractivity contribution < 1.29 is 13.2 Å². The van der Waals surface area contributed by atoms with Crippen LogP contribution in [0.5, 0.6) is 0 Å². The molecule has 1 rings (SSSR count). The van der Waals surface area contributed by atoms with E-state index in [4.69, 9.17) is 0 Å². The summed E-state index contributed by atoms with van der Waals surface area (Å²) in [6, 6.07) is 3.51. The van der Waals surface area contributed by atoms with Crippen LogP contribution in [0.3, 0.4) is 0 Å². The molecule has 0 radical (unpaired) electrons. The van der Waals surface area contributed by atoms with Crippen molar-refractivity contribution in [2.45, 2.75) is 50.8 Å². The molecule has 0 fully saturated rings. The largest absolute Gasteiger partial charge is 0.356 e. The fourth-order valence-electron chi connectivity index (χ4n) is 2.13. The molecule has 24 heavy (non-hydrogen) atoms. The average molecular weight is 376 g/mol. The van der Waals surface area contributed by atoms with E-state index in [0.29, 0.717) is 36.1 Å². The molecule has 8 heteroatoms. The van der Waals surface area contributed by atoms with E-state index < -0.39 is 10.0 Å². The molecule has 0 aliphatic rings. The van der Waals surface area contributed by atoms with Gasteiger partial charge in [-0.05, 0) is 37.9 Å². The van der Waals surface area contributed by atoms with Crippen molar-refractivity contribution in [3.63, 3.8) is 0 Å². The zero-order valence-electron chi connectivity index (χ0n) is 14.9. The molecular weight excluding hydrogens is 346 g/mol. The summed E-state index contributed by atoms with van der Waals surface area (Å²) < 4.78 is 27.5. The molecule has 1 heterocycles. The van der Waals surface area contributed by atoms with E-state index >= 15 is 0 Å². The third-order valence-electron chi connectivity index (χ3n) is 3.32. The van der Waals surface area contributed by atoms with Crippen molar-refractivity contribution in [3.05, 3.63) is 17.0 Å². The van der Waals surface area contributed by atoms with E-state index in [1.165, 1.54) is 11.3 Å². The summed E-state index contributed by atoms with van der Waals surface area (Å²) in [6.45, 7) is 9.60. The van der Waals surface area contributed by atoms with Gasteiger partial charge in [0.1, 0.15) is 4.21 Å². The maximum Gasteiger partial charge on any atom is 0.250 e. The monoisotopic (exact) mass is 375 g/mol. The van der Waals surface area contributed by atoms with Crippen LogP contribution in [0.1, 0.15) is 39.0 Å². The SMILES string of the molecule is CCN[C@H](C)CNS(=O)(=O)c1ccc(CCNC(=O)CC(C)C)s1. The Morgan fingerprint density at radius 1 is 1.25 bits per heavy atom. The topological polar surface area (TPSA) is 87.3 Å². The maximum atomic E-state index is 12.3. The molecule has 1 aromatic heterocycles. The van der Waals surface area contributed by atoms with Gasteiger partial charge in [0.15, 0.2) is 0 Å². The molecule has 1 amide bonds. The van der Waals surface area contributed by atoms with Gasteiger partial charge in [-0.25, -0.2) is 13.1 Å². The molecule has 6 nitrogen and oxygen atoms in total. The second-order valence-electron chi connectivity index (χ2n) is 6.23. The third-order valence-corrected chi connectivity index (χ3v) is 6.38. The Balaban J connectivity index is 2.48. The van der Waals surface area contributed by atoms with Gasteiger partial charge >= 0.3 is 0 Å². The van der Waals surface area contributed by atoms with Gasteiger partial charge in [0.2, 0.25) is 15.9 Å². The minimum Gasteiger partial charge on any atom is -0.356 e. The summed E-state index contributed by atoms with van der Waals surface area (Å²) in [5, 5.41) is 6.02. The minimum atomic E-state index is -3.47. The Hall–Kier alpha value is -0.960. The lowest BCUT2D eigenvalue weighted by atomic mass is 10.1. The Morgan fingerprint density at radius 3 is 2.58 bits per heavy atom. The first-order valence-electron chi connectivity index (χ1n) is 8.33. The fraction of sp³-hybridized carbons (Fsp3) is 0.688. The number of hydrogen-bond acceptors (Lipinski definition) is 5. The van der Waals surface area contributed by atoms with Crippen molar-refractivity contribution in [1.82, 2.24) is 15.4 Å². The molecule has 0 spiro atoms. The summed E-state index contributed by atoms with van der Waals surface area (Å²) in [5.41, 5.74) is 0. The minimum absolute atomic E-state index is 0.0356. The van der Waals surface area contributed by atoms with Gasteiger partial charge in [-0.15, -0.1) is 11.3 Å². The van der Waals surface area contributed by atoms with E-state index in [0.717, 1.165) is 11.4 Å². The molecule has 1 aromatic rings. The van der Waals surface area contributed by atoms with Gasteiger partial charge in [0, 0.05) is 30.4 Å². The van der Waals surface area contributed by atoms with Crippen LogP contribution in [0, 0.1) is 5.92 Å². The van der Waals surface area contributed by atoms with Gasteiger partial charge in [0.25, 0.3) is 0 Å². The molecule has 0 unspecified atom stereocenters. The van der Waals surface area contributed by atoms with Crippen LogP contribution in [0.2, 0.25) is 0 Å². The molecule has 0 aliphatic carbocycles. The normalized spacial score (nSPS) is 13.2. The Morgan fingerprint density at radius 2 is 1.96 bits per heavy atom. The molecule has 0 saturated carbocycles. The lowest BCUT2D eigenvalue weighted by Crippen LogP contribution is -2.38. The molecule has 1 atom stereocenters. The van der Waals surface area contributed by atoms with E-state index in [9.17, 15) is 13.2 Å². The van der Waals surface area contributed by atoms with Gasteiger partial charge in [0.05, 0.1) is 0 Å². The van der Waals surface area contributed by atoms with E-state index in [1.54, 1.807) is 6.07 Å². The van der Waals surface area contributed by atoms with Gasteiger partial charge in [-0.2, -0.15) is 0 Å². The molecule has 0 aliphatic heterocycles. The van der Waals surface area contributed by atoms with E-state index in [1.807, 2.05) is 33.8 Å². The van der Waals surface area contributed by atoms with Gasteiger partial charge in [-0.1, -0.05) is 20.8 Å². The molecule has 0 bridgehead atoms. The summed E-state index contributed by atoms with van der Waals surface area (Å²) >= 11 is 1.25. The second-order valence-corrected chi connectivity index (χ2v) is 9.39. The number of amides is 1. The highest BCUT2D eigenvalue weighted by atomic mass is 32.2. The maximum absolute atomic E-state index is 12.3. The third kappa shape index (κ3) is 7.74. The number of thiophene rings is 1. The smallest absolute Gasteiger partial charge is 0.250 e. The quantitative estimate of drug-likeness (QED) is 0.550. The number of likely N-dealkylation sites (N-methyl/N-ethyl adjacent to an activating group) is 1. The number of hydrogen-bond donors (Lipinski definition) is 3. The summed E-state index contributed by atoms with van der Waals surface area (Å²) in [5.74, 6) is 0.368. The number of carbonyl (C=O) groups is 1. The van der Waals surface area contributed by atoms with Crippen LogP contribution in [0.4, 0.5) is 0 Å². The van der Waals surface area contributed by atoms with E-state index in [-0.39, 0.29) is 11.9 Å². The molecular formula is C16H29N3O3S2. The van der Waals surface area contributed by atoms with Crippen molar-refractivity contribution in [3.8, 4) is 0 Å². The van der Waals surface area contributed by atoms with Crippen molar-refractivity contribution in [1.29, 1.82) is 0 Å². The van der Waals surface area contributed by atoms with E-state index in [2.05, 4.69) is 15.4 Å². The Labute approximate surface area is 149 Å².